The summed E-state index contributed by atoms with van der Waals surface area (Å²) in [6.07, 6.45) is 2.31. The van der Waals surface area contributed by atoms with Gasteiger partial charge in [0.2, 0.25) is 5.91 Å². The normalized spacial score (nSPS) is 15.0. The Kier molecular flexibility index (Phi) is 6.97. The topological polar surface area (TPSA) is 93.4 Å². The van der Waals surface area contributed by atoms with Gasteiger partial charge in [0.05, 0.1) is 15.9 Å². The molecule has 8 nitrogen and oxygen atoms in total. The Hall–Kier alpha value is -3.66. The number of carbonyl (C=O) groups excluding carboxylic acids is 3. The molecule has 1 saturated heterocycles. The number of nitrogens with zero attached hydrogens (tertiary/aromatic N) is 3. The Morgan fingerprint density at radius 1 is 1.00 bits per heavy atom. The molecule has 0 saturated carbocycles. The van der Waals surface area contributed by atoms with E-state index in [1.54, 1.807) is 10.6 Å². The molecule has 2 heterocycles. The predicted molar refractivity (Wildman–Crippen MR) is 129 cm³/mol. The Morgan fingerprint density at radius 2 is 1.68 bits per heavy atom. The number of imide groups is 1. The van der Waals surface area contributed by atoms with Gasteiger partial charge >= 0.3 is 5.69 Å². The Balaban J connectivity index is 1.38. The molecular weight excluding hydrogens is 459 g/mol. The third kappa shape index (κ3) is 4.81. The number of aromatic nitrogens is 2. The fourth-order valence-electron chi connectivity index (χ4n) is 3.77. The summed E-state index contributed by atoms with van der Waals surface area (Å²) >= 11 is 0.797. The highest BCUT2D eigenvalue weighted by Crippen LogP contribution is 2.31. The number of aryl methyl sites for hydroxylation is 1. The minimum Gasteiger partial charge on any atom is -0.353 e. The van der Waals surface area contributed by atoms with Crippen LogP contribution in [-0.4, -0.2) is 44.2 Å². The molecular formula is C24H23FN4O4S. The number of fused-ring (bicyclic) bond motifs is 1. The maximum Gasteiger partial charge on any atom is 0.329 e. The summed E-state index contributed by atoms with van der Waals surface area (Å²) in [5, 5.41) is 2.24. The van der Waals surface area contributed by atoms with E-state index in [1.807, 2.05) is 25.1 Å². The molecule has 176 valence electrons. The summed E-state index contributed by atoms with van der Waals surface area (Å²) in [5.41, 5.74) is 1.80. The van der Waals surface area contributed by atoms with Crippen LogP contribution < -0.4 is 11.0 Å². The molecule has 0 bridgehead atoms. The highest BCUT2D eigenvalue weighted by atomic mass is 32.2. The van der Waals surface area contributed by atoms with Gasteiger partial charge < -0.3 is 5.32 Å². The van der Waals surface area contributed by atoms with E-state index >= 15 is 0 Å². The summed E-state index contributed by atoms with van der Waals surface area (Å²) in [7, 11) is 0. The van der Waals surface area contributed by atoms with Crippen LogP contribution in [-0.2, 0) is 22.7 Å². The van der Waals surface area contributed by atoms with Crippen molar-refractivity contribution in [2.24, 2.45) is 0 Å². The standard InChI is InChI=1S/C24H23FN4O4S/c1-2-12-27-18-5-3-4-6-19(18)29(23(27)32)15-21(30)26-11-13-28-22(31)20(34-24(28)33)14-16-7-9-17(25)10-8-16/h3-10,14H,2,11-13,15H2,1H3,(H,26,30)/b20-14-. The van der Waals surface area contributed by atoms with Crippen LogP contribution >= 0.6 is 11.8 Å². The van der Waals surface area contributed by atoms with Gasteiger partial charge in [0.25, 0.3) is 11.1 Å². The van der Waals surface area contributed by atoms with E-state index in [9.17, 15) is 23.6 Å². The minimum atomic E-state index is -0.465. The van der Waals surface area contributed by atoms with Crippen LogP contribution in [0.25, 0.3) is 17.1 Å². The molecule has 0 radical (unpaired) electrons. The molecule has 0 unspecified atom stereocenters. The number of imidazole rings is 1. The van der Waals surface area contributed by atoms with Gasteiger partial charge in [-0.05, 0) is 54.1 Å². The Morgan fingerprint density at radius 3 is 2.35 bits per heavy atom. The molecule has 3 aromatic rings. The number of thioether (sulfide) groups is 1. The summed E-state index contributed by atoms with van der Waals surface area (Å²) in [6, 6.07) is 12.9. The van der Waals surface area contributed by atoms with Crippen molar-refractivity contribution in [3.05, 3.63) is 75.3 Å². The highest BCUT2D eigenvalue weighted by molar-refractivity contribution is 8.18. The molecule has 1 fully saturated rings. The van der Waals surface area contributed by atoms with Crippen LogP contribution in [0.3, 0.4) is 0 Å². The number of halogens is 1. The first-order valence-corrected chi connectivity index (χ1v) is 11.7. The molecule has 0 spiro atoms. The average Bonchev–Trinajstić information content (AvgIpc) is 3.24. The number of para-hydroxylation sites is 2. The van der Waals surface area contributed by atoms with Gasteiger partial charge in [0, 0.05) is 19.6 Å². The molecule has 4 rings (SSSR count). The van der Waals surface area contributed by atoms with Crippen molar-refractivity contribution >= 4 is 45.9 Å². The first-order valence-electron chi connectivity index (χ1n) is 10.8. The third-order valence-electron chi connectivity index (χ3n) is 5.37. The minimum absolute atomic E-state index is 0.00363. The van der Waals surface area contributed by atoms with E-state index in [2.05, 4.69) is 5.32 Å². The average molecular weight is 483 g/mol. The third-order valence-corrected chi connectivity index (χ3v) is 6.28. The van der Waals surface area contributed by atoms with Crippen molar-refractivity contribution < 1.29 is 18.8 Å². The fraction of sp³-hybridized carbons (Fsp3) is 0.250. The SMILES string of the molecule is CCCn1c(=O)n(CC(=O)NCCN2C(=O)S/C(=C\c3ccc(F)cc3)C2=O)c2ccccc21. The van der Waals surface area contributed by atoms with E-state index in [4.69, 9.17) is 0 Å². The summed E-state index contributed by atoms with van der Waals surface area (Å²) in [6.45, 7) is 2.43. The molecule has 34 heavy (non-hydrogen) atoms. The monoisotopic (exact) mass is 482 g/mol. The second-order valence-corrected chi connectivity index (χ2v) is 8.74. The molecule has 1 aliphatic rings. The number of amides is 3. The number of hydrogen-bond donors (Lipinski definition) is 1. The fourth-order valence-corrected chi connectivity index (χ4v) is 4.64. The lowest BCUT2D eigenvalue weighted by Crippen LogP contribution is -2.39. The predicted octanol–water partition coefficient (Wildman–Crippen LogP) is 3.20. The zero-order valence-electron chi connectivity index (χ0n) is 18.5. The van der Waals surface area contributed by atoms with Gasteiger partial charge in [-0.3, -0.25) is 28.4 Å². The van der Waals surface area contributed by atoms with Crippen molar-refractivity contribution in [2.45, 2.75) is 26.4 Å². The van der Waals surface area contributed by atoms with Crippen molar-refractivity contribution in [2.75, 3.05) is 13.1 Å². The molecule has 0 aliphatic carbocycles. The quantitative estimate of drug-likeness (QED) is 0.498. The summed E-state index contributed by atoms with van der Waals surface area (Å²) < 4.78 is 16.1. The van der Waals surface area contributed by atoms with Crippen molar-refractivity contribution in [1.29, 1.82) is 0 Å². The van der Waals surface area contributed by atoms with Crippen molar-refractivity contribution in [3.8, 4) is 0 Å². The summed E-state index contributed by atoms with van der Waals surface area (Å²) in [4.78, 5) is 51.5. The van der Waals surface area contributed by atoms with E-state index in [1.165, 1.54) is 34.9 Å². The molecule has 3 amide bonds. The second-order valence-electron chi connectivity index (χ2n) is 7.74. The van der Waals surface area contributed by atoms with Gasteiger partial charge in [-0.2, -0.15) is 0 Å². The molecule has 1 aliphatic heterocycles. The maximum absolute atomic E-state index is 13.1. The van der Waals surface area contributed by atoms with Crippen LogP contribution in [0.15, 0.2) is 58.2 Å². The van der Waals surface area contributed by atoms with Crippen LogP contribution in [0.2, 0.25) is 0 Å². The van der Waals surface area contributed by atoms with Crippen molar-refractivity contribution in [3.63, 3.8) is 0 Å². The second kappa shape index (κ2) is 10.1. The van der Waals surface area contributed by atoms with Crippen molar-refractivity contribution in [1.82, 2.24) is 19.4 Å². The van der Waals surface area contributed by atoms with Gasteiger partial charge in [0.15, 0.2) is 0 Å². The molecule has 2 aromatic carbocycles. The van der Waals surface area contributed by atoms with Gasteiger partial charge in [-0.1, -0.05) is 31.2 Å². The largest absolute Gasteiger partial charge is 0.353 e. The van der Waals surface area contributed by atoms with Crippen LogP contribution in [0, 0.1) is 5.82 Å². The number of benzene rings is 2. The summed E-state index contributed by atoms with van der Waals surface area (Å²) in [5.74, 6) is -1.25. The van der Waals surface area contributed by atoms with Crippen LogP contribution in [0.4, 0.5) is 9.18 Å². The van der Waals surface area contributed by atoms with E-state index in [-0.39, 0.29) is 30.2 Å². The number of hydrogen-bond acceptors (Lipinski definition) is 5. The zero-order valence-corrected chi connectivity index (χ0v) is 19.3. The zero-order chi connectivity index (χ0) is 24.2. The Bertz CT molecular complexity index is 1340. The molecule has 1 N–H and O–H groups in total. The Labute approximate surface area is 199 Å². The molecule has 0 atom stereocenters. The number of nitrogens with one attached hydrogen (secondary N) is 1. The first kappa shape index (κ1) is 23.5. The van der Waals surface area contributed by atoms with E-state index < -0.39 is 22.9 Å². The van der Waals surface area contributed by atoms with Gasteiger partial charge in [-0.15, -0.1) is 0 Å². The lowest BCUT2D eigenvalue weighted by molar-refractivity contribution is -0.124. The van der Waals surface area contributed by atoms with Crippen LogP contribution in [0.1, 0.15) is 18.9 Å². The van der Waals surface area contributed by atoms with E-state index in [0.717, 1.165) is 28.6 Å². The van der Waals surface area contributed by atoms with Crippen LogP contribution in [0.5, 0.6) is 0 Å². The maximum atomic E-state index is 13.1. The lowest BCUT2D eigenvalue weighted by Gasteiger charge is -2.13. The lowest BCUT2D eigenvalue weighted by atomic mass is 10.2. The molecule has 10 heteroatoms. The van der Waals surface area contributed by atoms with E-state index in [0.29, 0.717) is 17.6 Å². The number of carbonyl (C=O) groups is 3. The van der Waals surface area contributed by atoms with Gasteiger partial charge in [-0.25, -0.2) is 9.18 Å². The van der Waals surface area contributed by atoms with Gasteiger partial charge in [0.1, 0.15) is 12.4 Å². The molecule has 1 aromatic heterocycles. The smallest absolute Gasteiger partial charge is 0.329 e. The highest BCUT2D eigenvalue weighted by Gasteiger charge is 2.34. The number of rotatable bonds is 8. The first-order chi connectivity index (χ1) is 16.4.